The lowest BCUT2D eigenvalue weighted by molar-refractivity contribution is 0.990. The smallest absolute Gasteiger partial charge is 0.243 e. The van der Waals surface area contributed by atoms with E-state index in [1.807, 2.05) is 60.7 Å². The Hall–Kier alpha value is -5.25. The van der Waals surface area contributed by atoms with Gasteiger partial charge >= 0.3 is 0 Å². The fourth-order valence-electron chi connectivity index (χ4n) is 3.26. The van der Waals surface area contributed by atoms with Crippen molar-refractivity contribution in [3.63, 3.8) is 0 Å². The molecule has 172 valence electrons. The lowest BCUT2D eigenvalue weighted by Gasteiger charge is -2.21. The van der Waals surface area contributed by atoms with Crippen LogP contribution in [0.1, 0.15) is 0 Å². The molecule has 5 aromatic rings. The largest absolute Gasteiger partial charge is 0.399 e. The SMILES string of the molecule is Nc1ccc(Nc2nc(Nc3ccc(N)cc3)nc(N(c3ccccn3)c3ccccn3)n2)cc1. The molecule has 0 aliphatic rings. The van der Waals surface area contributed by atoms with Gasteiger partial charge in [0.05, 0.1) is 0 Å². The van der Waals surface area contributed by atoms with Gasteiger partial charge in [0.15, 0.2) is 0 Å². The number of anilines is 9. The molecule has 0 saturated carbocycles. The Labute approximate surface area is 201 Å². The highest BCUT2D eigenvalue weighted by Gasteiger charge is 2.20. The van der Waals surface area contributed by atoms with Crippen LogP contribution in [-0.2, 0) is 0 Å². The molecule has 35 heavy (non-hydrogen) atoms. The second kappa shape index (κ2) is 9.71. The van der Waals surface area contributed by atoms with Crippen molar-refractivity contribution < 1.29 is 0 Å². The maximum Gasteiger partial charge on any atom is 0.243 e. The molecule has 5 rings (SSSR count). The summed E-state index contributed by atoms with van der Waals surface area (Å²) in [6.45, 7) is 0. The second-order valence-electron chi connectivity index (χ2n) is 7.49. The molecule has 0 unspecified atom stereocenters. The molecule has 3 aromatic heterocycles. The van der Waals surface area contributed by atoms with Gasteiger partial charge in [-0.05, 0) is 72.8 Å². The van der Waals surface area contributed by atoms with Gasteiger partial charge in [0.1, 0.15) is 11.6 Å². The topological polar surface area (TPSA) is 144 Å². The first kappa shape index (κ1) is 21.6. The molecular formula is C25H22N10. The highest BCUT2D eigenvalue weighted by Crippen LogP contribution is 2.30. The lowest BCUT2D eigenvalue weighted by atomic mass is 10.3. The zero-order valence-electron chi connectivity index (χ0n) is 18.6. The number of nitrogens with two attached hydrogens (primary N) is 2. The number of aromatic nitrogens is 5. The zero-order chi connectivity index (χ0) is 24.0. The van der Waals surface area contributed by atoms with Gasteiger partial charge in [-0.2, -0.15) is 15.0 Å². The number of hydrogen-bond donors (Lipinski definition) is 4. The summed E-state index contributed by atoms with van der Waals surface area (Å²) in [7, 11) is 0. The fraction of sp³-hybridized carbons (Fsp3) is 0. The Morgan fingerprint density at radius 3 is 1.40 bits per heavy atom. The van der Waals surface area contributed by atoms with Crippen LogP contribution in [0, 0.1) is 0 Å². The normalized spacial score (nSPS) is 10.5. The number of nitrogens with one attached hydrogen (secondary N) is 2. The van der Waals surface area contributed by atoms with E-state index in [0.717, 1.165) is 11.4 Å². The van der Waals surface area contributed by atoms with Crippen molar-refractivity contribution in [2.75, 3.05) is 27.0 Å². The molecule has 0 spiro atoms. The summed E-state index contributed by atoms with van der Waals surface area (Å²) in [4.78, 5) is 24.7. The predicted molar refractivity (Wildman–Crippen MR) is 138 cm³/mol. The molecule has 2 aromatic carbocycles. The number of benzene rings is 2. The number of rotatable bonds is 7. The summed E-state index contributed by atoms with van der Waals surface area (Å²) in [5.74, 6) is 2.20. The van der Waals surface area contributed by atoms with Crippen molar-refractivity contribution in [3.05, 3.63) is 97.3 Å². The highest BCUT2D eigenvalue weighted by atomic mass is 15.4. The van der Waals surface area contributed by atoms with E-state index in [9.17, 15) is 0 Å². The van der Waals surface area contributed by atoms with E-state index in [-0.39, 0.29) is 0 Å². The molecule has 0 atom stereocenters. The molecular weight excluding hydrogens is 440 g/mol. The van der Waals surface area contributed by atoms with Gasteiger partial charge in [0.25, 0.3) is 0 Å². The third-order valence-corrected chi connectivity index (χ3v) is 4.91. The Kier molecular flexibility index (Phi) is 5.99. The van der Waals surface area contributed by atoms with Crippen molar-refractivity contribution in [3.8, 4) is 0 Å². The summed E-state index contributed by atoms with van der Waals surface area (Å²) in [5, 5.41) is 6.44. The number of nitrogen functional groups attached to an aromatic ring is 2. The van der Waals surface area contributed by atoms with Crippen molar-refractivity contribution in [2.24, 2.45) is 0 Å². The molecule has 0 radical (unpaired) electrons. The van der Waals surface area contributed by atoms with Gasteiger partial charge in [-0.15, -0.1) is 0 Å². The standard InChI is InChI=1S/C25H22N10/c26-17-7-11-19(12-8-17)30-23-32-24(31-20-13-9-18(27)10-14-20)34-25(33-23)35(21-5-1-3-15-28-21)22-6-2-4-16-29-22/h1-16H,26-27H2,(H2,30,31,32,33,34). The van der Waals surface area contributed by atoms with Crippen molar-refractivity contribution in [2.45, 2.75) is 0 Å². The first-order valence-corrected chi connectivity index (χ1v) is 10.8. The van der Waals surface area contributed by atoms with E-state index >= 15 is 0 Å². The van der Waals surface area contributed by atoms with Crippen LogP contribution in [0.2, 0.25) is 0 Å². The van der Waals surface area contributed by atoms with E-state index in [0.29, 0.717) is 40.9 Å². The summed E-state index contributed by atoms with van der Waals surface area (Å²) in [5.41, 5.74) is 14.5. The molecule has 10 nitrogen and oxygen atoms in total. The fourth-order valence-corrected chi connectivity index (χ4v) is 3.26. The molecule has 3 heterocycles. The molecule has 0 bridgehead atoms. The van der Waals surface area contributed by atoms with Crippen LogP contribution in [0.15, 0.2) is 97.3 Å². The Balaban J connectivity index is 1.60. The van der Waals surface area contributed by atoms with Crippen LogP contribution in [0.25, 0.3) is 0 Å². The average Bonchev–Trinajstić information content (AvgIpc) is 2.88. The molecule has 0 aliphatic heterocycles. The van der Waals surface area contributed by atoms with Crippen LogP contribution >= 0.6 is 0 Å². The molecule has 6 N–H and O–H groups in total. The molecule has 10 heteroatoms. The van der Waals surface area contributed by atoms with Gasteiger partial charge in [0, 0.05) is 35.1 Å². The van der Waals surface area contributed by atoms with Gasteiger partial charge in [-0.3, -0.25) is 0 Å². The van der Waals surface area contributed by atoms with Crippen LogP contribution < -0.4 is 27.0 Å². The maximum atomic E-state index is 5.82. The van der Waals surface area contributed by atoms with E-state index in [1.54, 1.807) is 41.6 Å². The lowest BCUT2D eigenvalue weighted by Crippen LogP contribution is -2.18. The third-order valence-electron chi connectivity index (χ3n) is 4.91. The molecule has 0 saturated heterocycles. The summed E-state index contributed by atoms with van der Waals surface area (Å²) in [6.07, 6.45) is 3.40. The monoisotopic (exact) mass is 462 g/mol. The maximum absolute atomic E-state index is 5.82. The summed E-state index contributed by atoms with van der Waals surface area (Å²) < 4.78 is 0. The van der Waals surface area contributed by atoms with Crippen molar-refractivity contribution in [1.29, 1.82) is 0 Å². The van der Waals surface area contributed by atoms with Crippen molar-refractivity contribution >= 4 is 52.2 Å². The van der Waals surface area contributed by atoms with Crippen LogP contribution in [0.5, 0.6) is 0 Å². The Morgan fingerprint density at radius 1 is 0.543 bits per heavy atom. The Morgan fingerprint density at radius 2 is 1.00 bits per heavy atom. The molecule has 0 aliphatic carbocycles. The summed E-state index contributed by atoms with van der Waals surface area (Å²) in [6, 6.07) is 25.8. The zero-order valence-corrected chi connectivity index (χ0v) is 18.6. The first-order chi connectivity index (χ1) is 17.1. The minimum atomic E-state index is 0.327. The van der Waals surface area contributed by atoms with E-state index in [4.69, 9.17) is 11.5 Å². The number of nitrogens with zero attached hydrogens (tertiary/aromatic N) is 6. The minimum absolute atomic E-state index is 0.327. The van der Waals surface area contributed by atoms with Crippen molar-refractivity contribution in [1.82, 2.24) is 24.9 Å². The number of hydrogen-bond acceptors (Lipinski definition) is 10. The highest BCUT2D eigenvalue weighted by molar-refractivity contribution is 5.70. The van der Waals surface area contributed by atoms with Gasteiger partial charge in [-0.1, -0.05) is 12.1 Å². The van der Waals surface area contributed by atoms with Crippen LogP contribution in [-0.4, -0.2) is 24.9 Å². The molecule has 0 amide bonds. The van der Waals surface area contributed by atoms with E-state index < -0.39 is 0 Å². The molecule has 0 fully saturated rings. The van der Waals surface area contributed by atoms with Gasteiger partial charge in [-0.25, -0.2) is 14.9 Å². The average molecular weight is 463 g/mol. The first-order valence-electron chi connectivity index (χ1n) is 10.8. The number of pyridine rings is 2. The van der Waals surface area contributed by atoms with Gasteiger partial charge < -0.3 is 22.1 Å². The minimum Gasteiger partial charge on any atom is -0.399 e. The summed E-state index contributed by atoms with van der Waals surface area (Å²) >= 11 is 0. The second-order valence-corrected chi connectivity index (χ2v) is 7.49. The predicted octanol–water partition coefficient (Wildman–Crippen LogP) is 4.78. The van der Waals surface area contributed by atoms with E-state index in [1.165, 1.54) is 0 Å². The Bertz CT molecular complexity index is 1290. The van der Waals surface area contributed by atoms with E-state index in [2.05, 4.69) is 35.6 Å². The third kappa shape index (κ3) is 5.22. The quantitative estimate of drug-likeness (QED) is 0.249. The van der Waals surface area contributed by atoms with Crippen LogP contribution in [0.3, 0.4) is 0 Å². The van der Waals surface area contributed by atoms with Crippen LogP contribution in [0.4, 0.5) is 52.2 Å². The van der Waals surface area contributed by atoms with Gasteiger partial charge in [0.2, 0.25) is 17.8 Å².